The number of aromatic hydroxyl groups is 1. The minimum atomic E-state index is -2.62. The van der Waals surface area contributed by atoms with Crippen LogP contribution in [0, 0.1) is 6.92 Å². The van der Waals surface area contributed by atoms with Gasteiger partial charge in [-0.2, -0.15) is 0 Å². The highest BCUT2D eigenvalue weighted by Crippen LogP contribution is 2.36. The zero-order chi connectivity index (χ0) is 16.3. The second-order valence-electron chi connectivity index (χ2n) is 6.95. The van der Waals surface area contributed by atoms with Crippen molar-refractivity contribution in [3.8, 4) is 5.75 Å². The lowest BCUT2D eigenvalue weighted by Gasteiger charge is -2.27. The predicted octanol–water partition coefficient (Wildman–Crippen LogP) is 3.49. The Balaban J connectivity index is 0.000000796. The number of benzene rings is 1. The summed E-state index contributed by atoms with van der Waals surface area (Å²) in [6, 6.07) is 4.05. The van der Waals surface area contributed by atoms with Crippen molar-refractivity contribution in [1.82, 2.24) is 0 Å². The summed E-state index contributed by atoms with van der Waals surface area (Å²) < 4.78 is 0. The van der Waals surface area contributed by atoms with Crippen LogP contribution in [-0.2, 0) is 10.8 Å². The van der Waals surface area contributed by atoms with E-state index < -0.39 is 8.60 Å². The van der Waals surface area contributed by atoms with E-state index >= 15 is 0 Å². The van der Waals surface area contributed by atoms with Crippen LogP contribution >= 0.6 is 8.60 Å². The number of hydrogen-bond acceptors (Lipinski definition) is 4. The molecule has 0 atom stereocenters. The molecule has 5 heteroatoms. The van der Waals surface area contributed by atoms with Crippen LogP contribution in [0.5, 0.6) is 5.75 Å². The van der Waals surface area contributed by atoms with Crippen LogP contribution < -0.4 is 0 Å². The van der Waals surface area contributed by atoms with Crippen molar-refractivity contribution >= 4 is 8.60 Å². The molecule has 0 spiro atoms. The molecule has 4 nitrogen and oxygen atoms in total. The van der Waals surface area contributed by atoms with Crippen LogP contribution in [0.1, 0.15) is 58.2 Å². The monoisotopic (exact) mass is 302 g/mol. The molecule has 0 amide bonds. The maximum atomic E-state index is 10.0. The molecule has 20 heavy (non-hydrogen) atoms. The molecule has 4 N–H and O–H groups in total. The van der Waals surface area contributed by atoms with E-state index in [2.05, 4.69) is 54.5 Å². The van der Waals surface area contributed by atoms with E-state index in [0.29, 0.717) is 5.75 Å². The van der Waals surface area contributed by atoms with Gasteiger partial charge in [0, 0.05) is 0 Å². The summed E-state index contributed by atoms with van der Waals surface area (Å²) in [5.41, 5.74) is 3.62. The normalized spacial score (nSPS) is 12.2. The summed E-state index contributed by atoms with van der Waals surface area (Å²) in [6.45, 7) is 15.1. The predicted molar refractivity (Wildman–Crippen MR) is 83.8 cm³/mol. The van der Waals surface area contributed by atoms with Crippen molar-refractivity contribution in [2.24, 2.45) is 0 Å². The highest BCUT2D eigenvalue weighted by Gasteiger charge is 2.23. The van der Waals surface area contributed by atoms with E-state index in [1.807, 2.05) is 6.07 Å². The van der Waals surface area contributed by atoms with Gasteiger partial charge in [0.2, 0.25) is 0 Å². The third-order valence-electron chi connectivity index (χ3n) is 2.96. The number of aryl methyl sites for hydroxylation is 1. The first-order valence-electron chi connectivity index (χ1n) is 6.48. The summed E-state index contributed by atoms with van der Waals surface area (Å²) >= 11 is 0. The summed E-state index contributed by atoms with van der Waals surface area (Å²) in [6.07, 6.45) is 0. The van der Waals surface area contributed by atoms with Crippen LogP contribution in [0.25, 0.3) is 0 Å². The van der Waals surface area contributed by atoms with E-state index in [1.165, 1.54) is 5.56 Å². The number of rotatable bonds is 0. The first kappa shape index (κ1) is 19.3. The molecule has 0 aliphatic carbocycles. The Hall–Kier alpha value is -0.670. The Morgan fingerprint density at radius 3 is 1.45 bits per heavy atom. The van der Waals surface area contributed by atoms with E-state index in [4.69, 9.17) is 14.7 Å². The fraction of sp³-hybridized carbons (Fsp3) is 0.600. The van der Waals surface area contributed by atoms with Gasteiger partial charge in [-0.25, -0.2) is 0 Å². The number of phenolic OH excluding ortho intramolecular Hbond substituents is 1. The molecule has 0 unspecified atom stereocenters. The standard InChI is InChI=1S/C15H24O.H3O3P/c1-10-8-13(16)12(15(5,6)7)9-11(10)14(2,3)4;1-4(2)3/h8-9,16H,1-7H3;1-3H. The second kappa shape index (κ2) is 6.86. The Labute approximate surface area is 123 Å². The van der Waals surface area contributed by atoms with Gasteiger partial charge in [0.1, 0.15) is 5.75 Å². The van der Waals surface area contributed by atoms with Crippen LogP contribution in [0.3, 0.4) is 0 Å². The van der Waals surface area contributed by atoms with Crippen molar-refractivity contribution in [2.75, 3.05) is 0 Å². The van der Waals surface area contributed by atoms with Gasteiger partial charge in [0.05, 0.1) is 0 Å². The lowest BCUT2D eigenvalue weighted by Crippen LogP contribution is -2.17. The maximum absolute atomic E-state index is 10.0. The van der Waals surface area contributed by atoms with Crippen LogP contribution in [-0.4, -0.2) is 19.8 Å². The first-order valence-corrected chi connectivity index (χ1v) is 7.68. The first-order chi connectivity index (χ1) is 8.76. The topological polar surface area (TPSA) is 80.9 Å². The third kappa shape index (κ3) is 6.19. The molecule has 0 heterocycles. The molecule has 116 valence electrons. The summed E-state index contributed by atoms with van der Waals surface area (Å²) in [4.78, 5) is 21.7. The molecule has 0 saturated heterocycles. The lowest BCUT2D eigenvalue weighted by molar-refractivity contribution is 0.368. The van der Waals surface area contributed by atoms with Gasteiger partial charge < -0.3 is 19.8 Å². The van der Waals surface area contributed by atoms with Gasteiger partial charge >= 0.3 is 8.60 Å². The third-order valence-corrected chi connectivity index (χ3v) is 2.96. The molecular weight excluding hydrogens is 275 g/mol. The highest BCUT2D eigenvalue weighted by atomic mass is 31.2. The number of hydrogen-bond donors (Lipinski definition) is 4. The van der Waals surface area contributed by atoms with Crippen molar-refractivity contribution in [1.29, 1.82) is 0 Å². The number of phenols is 1. The molecule has 0 saturated carbocycles. The van der Waals surface area contributed by atoms with Crippen molar-refractivity contribution in [3.63, 3.8) is 0 Å². The summed E-state index contributed by atoms with van der Waals surface area (Å²) in [5.74, 6) is 0.415. The van der Waals surface area contributed by atoms with E-state index in [1.54, 1.807) is 0 Å². The van der Waals surface area contributed by atoms with E-state index in [-0.39, 0.29) is 10.8 Å². The quantitative estimate of drug-likeness (QED) is 0.553. The van der Waals surface area contributed by atoms with Crippen LogP contribution in [0.2, 0.25) is 0 Å². The SMILES string of the molecule is Cc1cc(O)c(C(C)(C)C)cc1C(C)(C)C.OP(O)O. The Morgan fingerprint density at radius 1 is 0.800 bits per heavy atom. The largest absolute Gasteiger partial charge is 0.508 e. The van der Waals surface area contributed by atoms with E-state index in [0.717, 1.165) is 11.1 Å². The molecule has 0 aliphatic heterocycles. The van der Waals surface area contributed by atoms with Crippen molar-refractivity contribution < 1.29 is 19.8 Å². The van der Waals surface area contributed by atoms with Crippen molar-refractivity contribution in [2.45, 2.75) is 59.3 Å². The molecular formula is C15H27O4P. The average Bonchev–Trinajstić information content (AvgIpc) is 2.11. The van der Waals surface area contributed by atoms with Gasteiger partial charge in [-0.05, 0) is 40.5 Å². The minimum Gasteiger partial charge on any atom is -0.508 e. The summed E-state index contributed by atoms with van der Waals surface area (Å²) in [5, 5.41) is 10.0. The van der Waals surface area contributed by atoms with Gasteiger partial charge in [0.15, 0.2) is 0 Å². The molecule has 0 fully saturated rings. The second-order valence-corrected chi connectivity index (χ2v) is 7.49. The average molecular weight is 302 g/mol. The zero-order valence-corrected chi connectivity index (χ0v) is 14.3. The van der Waals surface area contributed by atoms with Gasteiger partial charge in [-0.15, -0.1) is 0 Å². The minimum absolute atomic E-state index is 0.0161. The fourth-order valence-corrected chi connectivity index (χ4v) is 2.10. The smallest absolute Gasteiger partial charge is 0.324 e. The molecule has 0 aromatic heterocycles. The fourth-order valence-electron chi connectivity index (χ4n) is 2.10. The lowest BCUT2D eigenvalue weighted by atomic mass is 9.78. The molecule has 1 rings (SSSR count). The van der Waals surface area contributed by atoms with Crippen LogP contribution in [0.4, 0.5) is 0 Å². The molecule has 0 bridgehead atoms. The van der Waals surface area contributed by atoms with Gasteiger partial charge in [-0.1, -0.05) is 47.6 Å². The van der Waals surface area contributed by atoms with Gasteiger partial charge in [-0.3, -0.25) is 0 Å². The van der Waals surface area contributed by atoms with Crippen molar-refractivity contribution in [3.05, 3.63) is 28.8 Å². The molecule has 0 radical (unpaired) electrons. The van der Waals surface area contributed by atoms with Crippen LogP contribution in [0.15, 0.2) is 12.1 Å². The van der Waals surface area contributed by atoms with E-state index in [9.17, 15) is 5.11 Å². The Bertz CT molecular complexity index is 404. The molecule has 1 aromatic carbocycles. The highest BCUT2D eigenvalue weighted by molar-refractivity contribution is 7.38. The maximum Gasteiger partial charge on any atom is 0.324 e. The summed E-state index contributed by atoms with van der Waals surface area (Å²) in [7, 11) is -2.62. The molecule has 0 aliphatic rings. The Kier molecular flexibility index (Phi) is 6.63. The molecule has 1 aromatic rings. The Morgan fingerprint density at radius 2 is 1.15 bits per heavy atom. The zero-order valence-electron chi connectivity index (χ0n) is 13.4. The van der Waals surface area contributed by atoms with Gasteiger partial charge in [0.25, 0.3) is 0 Å².